The maximum absolute atomic E-state index is 12.8. The number of unbranched alkanes of at least 4 members (excludes halogenated alkanes) is 2. The minimum absolute atomic E-state index is 0.224. The van der Waals surface area contributed by atoms with Crippen molar-refractivity contribution >= 4 is 22.2 Å². The number of benzene rings is 1. The summed E-state index contributed by atoms with van der Waals surface area (Å²) < 4.78 is 2.07. The zero-order chi connectivity index (χ0) is 18.4. The van der Waals surface area contributed by atoms with Gasteiger partial charge in [-0.15, -0.1) is 11.3 Å². The monoisotopic (exact) mass is 369 g/mol. The van der Waals surface area contributed by atoms with Gasteiger partial charge in [-0.1, -0.05) is 57.0 Å². The van der Waals surface area contributed by atoms with E-state index < -0.39 is 0 Å². The number of hydrogen-bond acceptors (Lipinski definition) is 3. The van der Waals surface area contributed by atoms with Gasteiger partial charge in [-0.2, -0.15) is 0 Å². The molecule has 0 unspecified atom stereocenters. The molecule has 2 aromatic heterocycles. The first-order chi connectivity index (χ1) is 12.7. The predicted molar refractivity (Wildman–Crippen MR) is 109 cm³/mol. The summed E-state index contributed by atoms with van der Waals surface area (Å²) in [4.78, 5) is 20.5. The quantitative estimate of drug-likeness (QED) is 0.530. The maximum atomic E-state index is 12.8. The van der Waals surface area contributed by atoms with E-state index in [1.54, 1.807) is 11.3 Å². The van der Waals surface area contributed by atoms with Crippen molar-refractivity contribution in [3.05, 3.63) is 47.6 Å². The van der Waals surface area contributed by atoms with Crippen molar-refractivity contribution in [1.82, 2.24) is 14.3 Å². The summed E-state index contributed by atoms with van der Waals surface area (Å²) in [6.45, 7) is 6.06. The van der Waals surface area contributed by atoms with Crippen LogP contribution in [0.15, 0.2) is 41.9 Å². The molecule has 0 radical (unpaired) electrons. The van der Waals surface area contributed by atoms with Gasteiger partial charge in [0.1, 0.15) is 0 Å². The van der Waals surface area contributed by atoms with E-state index in [1.165, 1.54) is 0 Å². The van der Waals surface area contributed by atoms with Crippen molar-refractivity contribution < 1.29 is 4.79 Å². The number of rotatable bonds is 9. The summed E-state index contributed by atoms with van der Waals surface area (Å²) in [6, 6.07) is 10.2. The first-order valence-corrected chi connectivity index (χ1v) is 10.4. The molecule has 0 saturated carbocycles. The molecule has 3 aromatic rings. The van der Waals surface area contributed by atoms with Crippen LogP contribution >= 0.6 is 11.3 Å². The van der Waals surface area contributed by atoms with Gasteiger partial charge in [0, 0.05) is 35.9 Å². The van der Waals surface area contributed by atoms with Gasteiger partial charge >= 0.3 is 0 Å². The second-order valence-electron chi connectivity index (χ2n) is 6.64. The average Bonchev–Trinajstić information content (AvgIpc) is 3.24. The highest BCUT2D eigenvalue weighted by atomic mass is 32.1. The number of fused-ring (bicyclic) bond motifs is 1. The molecule has 0 bridgehead atoms. The van der Waals surface area contributed by atoms with Crippen molar-refractivity contribution in [2.24, 2.45) is 0 Å². The molecule has 0 fully saturated rings. The van der Waals surface area contributed by atoms with Crippen LogP contribution in [-0.2, 0) is 11.2 Å². The van der Waals surface area contributed by atoms with Crippen LogP contribution in [-0.4, -0.2) is 33.3 Å². The third-order valence-electron chi connectivity index (χ3n) is 4.60. The summed E-state index contributed by atoms with van der Waals surface area (Å²) >= 11 is 1.60. The molecule has 26 heavy (non-hydrogen) atoms. The molecule has 5 heteroatoms. The van der Waals surface area contributed by atoms with E-state index >= 15 is 0 Å². The molecule has 0 aliphatic rings. The Morgan fingerprint density at radius 3 is 2.46 bits per heavy atom. The summed E-state index contributed by atoms with van der Waals surface area (Å²) in [5.41, 5.74) is 3.09. The molecule has 0 atom stereocenters. The van der Waals surface area contributed by atoms with E-state index in [-0.39, 0.29) is 5.91 Å². The standard InChI is InChI=1S/C21H27N3OS/c1-3-5-12-23(13-6-4-2)20(25)14-18-16-26-21-22-19(15-24(18)21)17-10-8-7-9-11-17/h7-11,15-16H,3-6,12-14H2,1-2H3. The first-order valence-electron chi connectivity index (χ1n) is 9.51. The lowest BCUT2D eigenvalue weighted by Crippen LogP contribution is -2.34. The fourth-order valence-electron chi connectivity index (χ4n) is 3.03. The molecular weight excluding hydrogens is 342 g/mol. The molecule has 1 amide bonds. The third-order valence-corrected chi connectivity index (χ3v) is 5.49. The smallest absolute Gasteiger partial charge is 0.228 e. The molecule has 4 nitrogen and oxygen atoms in total. The van der Waals surface area contributed by atoms with Gasteiger partial charge in [0.2, 0.25) is 5.91 Å². The number of amides is 1. The third kappa shape index (κ3) is 4.33. The van der Waals surface area contributed by atoms with Crippen LogP contribution in [0.3, 0.4) is 0 Å². The van der Waals surface area contributed by atoms with Crippen molar-refractivity contribution in [2.75, 3.05) is 13.1 Å². The zero-order valence-corrected chi connectivity index (χ0v) is 16.5. The lowest BCUT2D eigenvalue weighted by molar-refractivity contribution is -0.130. The van der Waals surface area contributed by atoms with Gasteiger partial charge < -0.3 is 4.90 Å². The summed E-state index contributed by atoms with van der Waals surface area (Å²) in [5, 5.41) is 2.06. The Balaban J connectivity index is 1.77. The predicted octanol–water partition coefficient (Wildman–Crippen LogP) is 5.03. The fourth-order valence-corrected chi connectivity index (χ4v) is 3.90. The van der Waals surface area contributed by atoms with Crippen molar-refractivity contribution in [1.29, 1.82) is 0 Å². The van der Waals surface area contributed by atoms with Gasteiger partial charge in [-0.3, -0.25) is 9.20 Å². The van der Waals surface area contributed by atoms with Crippen LogP contribution in [0.1, 0.15) is 45.2 Å². The lowest BCUT2D eigenvalue weighted by atomic mass is 10.2. The molecule has 0 aliphatic carbocycles. The van der Waals surface area contributed by atoms with Crippen molar-refractivity contribution in [3.8, 4) is 11.3 Å². The molecule has 0 spiro atoms. The van der Waals surface area contributed by atoms with E-state index in [2.05, 4.69) is 35.8 Å². The number of carbonyl (C=O) groups excluding carboxylic acids is 1. The first kappa shape index (κ1) is 18.6. The second-order valence-corrected chi connectivity index (χ2v) is 7.47. The number of aromatic nitrogens is 2. The van der Waals surface area contributed by atoms with Crippen LogP contribution in [0.5, 0.6) is 0 Å². The van der Waals surface area contributed by atoms with Gasteiger partial charge in [0.15, 0.2) is 4.96 Å². The normalized spacial score (nSPS) is 11.2. The number of imidazole rings is 1. The minimum atomic E-state index is 0.224. The maximum Gasteiger partial charge on any atom is 0.228 e. The lowest BCUT2D eigenvalue weighted by Gasteiger charge is -2.22. The number of nitrogens with zero attached hydrogens (tertiary/aromatic N) is 3. The Kier molecular flexibility index (Phi) is 6.45. The Hall–Kier alpha value is -2.14. The SMILES string of the molecule is CCCCN(CCCC)C(=O)Cc1csc2nc(-c3ccccc3)cn12. The molecule has 0 saturated heterocycles. The van der Waals surface area contributed by atoms with Crippen LogP contribution in [0.4, 0.5) is 0 Å². The van der Waals surface area contributed by atoms with Crippen LogP contribution in [0, 0.1) is 0 Å². The summed E-state index contributed by atoms with van der Waals surface area (Å²) in [7, 11) is 0. The molecule has 138 valence electrons. The van der Waals surface area contributed by atoms with Gasteiger partial charge in [0.05, 0.1) is 12.1 Å². The largest absolute Gasteiger partial charge is 0.342 e. The van der Waals surface area contributed by atoms with E-state index in [0.29, 0.717) is 6.42 Å². The topological polar surface area (TPSA) is 37.6 Å². The van der Waals surface area contributed by atoms with E-state index in [4.69, 9.17) is 4.98 Å². The Bertz CT molecular complexity index is 829. The van der Waals surface area contributed by atoms with E-state index in [0.717, 1.165) is 60.7 Å². The summed E-state index contributed by atoms with van der Waals surface area (Å²) in [5.74, 6) is 0.224. The number of hydrogen-bond donors (Lipinski definition) is 0. The molecular formula is C21H27N3OS. The Morgan fingerprint density at radius 1 is 1.12 bits per heavy atom. The highest BCUT2D eigenvalue weighted by Gasteiger charge is 2.17. The van der Waals surface area contributed by atoms with Gasteiger partial charge in [-0.25, -0.2) is 4.98 Å². The second kappa shape index (κ2) is 8.99. The molecule has 1 aromatic carbocycles. The highest BCUT2D eigenvalue weighted by molar-refractivity contribution is 7.15. The minimum Gasteiger partial charge on any atom is -0.342 e. The molecule has 3 rings (SSSR count). The van der Waals surface area contributed by atoms with Crippen LogP contribution in [0.25, 0.3) is 16.2 Å². The number of carbonyl (C=O) groups is 1. The van der Waals surface area contributed by atoms with E-state index in [9.17, 15) is 4.79 Å². The van der Waals surface area contributed by atoms with Crippen LogP contribution < -0.4 is 0 Å². The summed E-state index contributed by atoms with van der Waals surface area (Å²) in [6.07, 6.45) is 6.85. The highest BCUT2D eigenvalue weighted by Crippen LogP contribution is 2.24. The van der Waals surface area contributed by atoms with Gasteiger partial charge in [-0.05, 0) is 12.8 Å². The molecule has 0 N–H and O–H groups in total. The molecule has 2 heterocycles. The van der Waals surface area contributed by atoms with E-state index in [1.807, 2.05) is 29.3 Å². The van der Waals surface area contributed by atoms with Gasteiger partial charge in [0.25, 0.3) is 0 Å². The van der Waals surface area contributed by atoms with Crippen LogP contribution in [0.2, 0.25) is 0 Å². The molecule has 0 aliphatic heterocycles. The Morgan fingerprint density at radius 2 is 1.81 bits per heavy atom. The van der Waals surface area contributed by atoms with Crippen molar-refractivity contribution in [3.63, 3.8) is 0 Å². The number of thiazole rings is 1. The Labute approximate surface area is 159 Å². The van der Waals surface area contributed by atoms with Crippen molar-refractivity contribution in [2.45, 2.75) is 46.0 Å². The fraction of sp³-hybridized carbons (Fsp3) is 0.429. The zero-order valence-electron chi connectivity index (χ0n) is 15.6. The average molecular weight is 370 g/mol.